The predicted molar refractivity (Wildman–Crippen MR) is 242 cm³/mol. The molecule has 0 radical (unpaired) electrons. The molecule has 2 atom stereocenters. The quantitative estimate of drug-likeness (QED) is 0.0568. The first-order valence-electron chi connectivity index (χ1n) is 22.6. The number of carboxylic acids is 1. The lowest BCUT2D eigenvalue weighted by molar-refractivity contribution is -0.144. The van der Waals surface area contributed by atoms with Crippen LogP contribution in [0.4, 0.5) is 5.69 Å². The van der Waals surface area contributed by atoms with E-state index in [4.69, 9.17) is 18.9 Å². The van der Waals surface area contributed by atoms with Crippen molar-refractivity contribution in [1.29, 1.82) is 0 Å². The van der Waals surface area contributed by atoms with Gasteiger partial charge in [0.05, 0.1) is 51.8 Å². The topological polar surface area (TPSA) is 211 Å². The maximum atomic E-state index is 13.5. The van der Waals surface area contributed by atoms with E-state index in [0.29, 0.717) is 128 Å². The van der Waals surface area contributed by atoms with E-state index in [-0.39, 0.29) is 55.0 Å². The second-order valence-electron chi connectivity index (χ2n) is 16.3. The van der Waals surface area contributed by atoms with Crippen LogP contribution in [0.2, 0.25) is 0 Å². The number of carbonyl (C=O) groups is 6. The van der Waals surface area contributed by atoms with Crippen molar-refractivity contribution < 1.29 is 52.8 Å². The smallest absolute Gasteiger partial charge is 0.304 e. The first-order chi connectivity index (χ1) is 30.9. The number of aliphatic imine (C=N–C) groups is 1. The van der Waals surface area contributed by atoms with Crippen molar-refractivity contribution in [2.24, 2.45) is 16.8 Å². The number of aliphatic carboxylic acids is 1. The van der Waals surface area contributed by atoms with Crippen molar-refractivity contribution in [1.82, 2.24) is 15.5 Å². The number of Topliss-reactive ketones (excluding diaryl/α,β-unsaturated/α-hetero) is 2. The van der Waals surface area contributed by atoms with Gasteiger partial charge in [0.2, 0.25) is 17.7 Å². The Morgan fingerprint density at radius 2 is 1.55 bits per heavy atom. The number of hydrogen-bond donors (Lipinski definition) is 4. The molecule has 0 spiro atoms. The molecule has 4 N–H and O–H groups in total. The minimum atomic E-state index is -0.998. The molecule has 4 rings (SSSR count). The number of nitrogens with zero attached hydrogens (tertiary/aromatic N) is 2. The molecule has 0 aromatic heterocycles. The number of ketones is 2. The number of fused-ring (bicyclic) bond motifs is 1. The lowest BCUT2D eigenvalue weighted by Gasteiger charge is -2.24. The Bertz CT molecular complexity index is 1880. The number of benzene rings is 2. The molecule has 2 aliphatic rings. The van der Waals surface area contributed by atoms with Crippen LogP contribution in [0, 0.1) is 11.8 Å². The van der Waals surface area contributed by atoms with E-state index in [0.717, 1.165) is 35.4 Å². The van der Waals surface area contributed by atoms with Gasteiger partial charge in [-0.25, -0.2) is 0 Å². The molecule has 2 aromatic rings. The Kier molecular flexibility index (Phi) is 23.3. The van der Waals surface area contributed by atoms with Gasteiger partial charge in [0.25, 0.3) is 0 Å². The fourth-order valence-electron chi connectivity index (χ4n) is 7.24. The summed E-state index contributed by atoms with van der Waals surface area (Å²) in [7, 11) is 0. The van der Waals surface area contributed by atoms with Crippen molar-refractivity contribution in [3.63, 3.8) is 0 Å². The van der Waals surface area contributed by atoms with Gasteiger partial charge in [0.1, 0.15) is 23.2 Å². The van der Waals surface area contributed by atoms with Crippen LogP contribution in [-0.4, -0.2) is 117 Å². The van der Waals surface area contributed by atoms with Gasteiger partial charge in [-0.2, -0.15) is 0 Å². The molecule has 0 saturated carbocycles. The van der Waals surface area contributed by atoms with Crippen LogP contribution in [0.25, 0.3) is 0 Å². The zero-order valence-corrected chi connectivity index (χ0v) is 37.5. The number of aryl methyl sites for hydroxylation is 1. The molecule has 0 saturated heterocycles. The third kappa shape index (κ3) is 20.8. The normalized spacial score (nSPS) is 16.4. The molecule has 3 amide bonds. The fraction of sp³-hybridized carbons (Fsp3) is 0.562. The highest BCUT2D eigenvalue weighted by Crippen LogP contribution is 2.28. The van der Waals surface area contributed by atoms with Gasteiger partial charge < -0.3 is 44.9 Å². The van der Waals surface area contributed by atoms with Gasteiger partial charge in [0.15, 0.2) is 0 Å². The highest BCUT2D eigenvalue weighted by Gasteiger charge is 2.31. The summed E-state index contributed by atoms with van der Waals surface area (Å²) in [4.78, 5) is 78.8. The van der Waals surface area contributed by atoms with E-state index in [1.165, 1.54) is 6.92 Å². The van der Waals surface area contributed by atoms with E-state index in [9.17, 15) is 33.9 Å². The number of amidine groups is 1. The third-order valence-corrected chi connectivity index (χ3v) is 10.6. The first kappa shape index (κ1) is 51.2. The number of ether oxygens (including phenoxy) is 4. The van der Waals surface area contributed by atoms with Gasteiger partial charge in [-0.3, -0.25) is 33.8 Å². The monoisotopic (exact) mass is 889 g/mol. The van der Waals surface area contributed by atoms with Crippen molar-refractivity contribution in [3.05, 3.63) is 71.4 Å². The summed E-state index contributed by atoms with van der Waals surface area (Å²) in [5.41, 5.74) is 3.50. The Morgan fingerprint density at radius 1 is 0.828 bits per heavy atom. The number of anilines is 1. The van der Waals surface area contributed by atoms with Gasteiger partial charge >= 0.3 is 5.97 Å². The van der Waals surface area contributed by atoms with E-state index >= 15 is 0 Å². The summed E-state index contributed by atoms with van der Waals surface area (Å²) in [6.07, 6.45) is 8.75. The van der Waals surface area contributed by atoms with Crippen molar-refractivity contribution in [2.45, 2.75) is 97.4 Å². The molecule has 0 fully saturated rings. The number of nitrogens with one attached hydrogen (secondary N) is 3. The Hall–Kier alpha value is -5.45. The zero-order valence-electron chi connectivity index (χ0n) is 37.5. The van der Waals surface area contributed by atoms with Crippen LogP contribution >= 0.6 is 0 Å². The van der Waals surface area contributed by atoms with Crippen LogP contribution in [0.15, 0.2) is 59.7 Å². The van der Waals surface area contributed by atoms with Crippen molar-refractivity contribution in [3.8, 4) is 5.75 Å². The van der Waals surface area contributed by atoms with E-state index in [2.05, 4.69) is 33.9 Å². The Morgan fingerprint density at radius 3 is 2.27 bits per heavy atom. The summed E-state index contributed by atoms with van der Waals surface area (Å²) in [5, 5.41) is 18.4. The standard InChI is InChI=1S/C48H67N5O11/c1-35-17-20-50-44(29-35)49-18-5-24-64-43-16-12-38-31-39(33-47(58)59)48(60)53(34-40(38)32-43)21-6-23-62-26-28-63-27-25-61-22-4-19-51-45(56)7-3-8-46(57)52-41-13-9-37(10-14-41)11-15-42(55)30-36(2)54/h9-10,12-14,16-17,20,32,35,39H,3-8,11,15,18-19,21-31,33-34H2,1-2H3,(H,49,50)(H,51,56)(H,52,57)(H,58,59). The van der Waals surface area contributed by atoms with Gasteiger partial charge in [0, 0.05) is 77.2 Å². The summed E-state index contributed by atoms with van der Waals surface area (Å²) in [5.74, 6) is -0.158. The Balaban J connectivity index is 0.992. The highest BCUT2D eigenvalue weighted by molar-refractivity contribution is 5.98. The summed E-state index contributed by atoms with van der Waals surface area (Å²) in [6, 6.07) is 13.0. The molecule has 0 bridgehead atoms. The maximum Gasteiger partial charge on any atom is 0.304 e. The van der Waals surface area contributed by atoms with Crippen LogP contribution in [0.5, 0.6) is 5.75 Å². The summed E-state index contributed by atoms with van der Waals surface area (Å²) in [6.45, 7) is 8.45. The van der Waals surface area contributed by atoms with Crippen LogP contribution in [0.3, 0.4) is 0 Å². The first-order valence-corrected chi connectivity index (χ1v) is 22.6. The van der Waals surface area contributed by atoms with Crippen LogP contribution < -0.4 is 20.7 Å². The molecular weight excluding hydrogens is 823 g/mol. The molecule has 64 heavy (non-hydrogen) atoms. The molecule has 350 valence electrons. The van der Waals surface area contributed by atoms with Crippen LogP contribution in [-0.2, 0) is 62.4 Å². The zero-order chi connectivity index (χ0) is 45.9. The second-order valence-corrected chi connectivity index (χ2v) is 16.3. The van der Waals surface area contributed by atoms with Gasteiger partial charge in [-0.05, 0) is 92.1 Å². The second kappa shape index (κ2) is 29.1. The number of amides is 3. The number of carboxylic acid groups (broad SMARTS) is 1. The highest BCUT2D eigenvalue weighted by atomic mass is 16.5. The maximum absolute atomic E-state index is 13.5. The minimum absolute atomic E-state index is 0.0419. The van der Waals surface area contributed by atoms with Crippen molar-refractivity contribution >= 4 is 46.8 Å². The molecule has 2 aliphatic heterocycles. The average Bonchev–Trinajstić information content (AvgIpc) is 3.37. The van der Waals surface area contributed by atoms with E-state index < -0.39 is 11.9 Å². The Labute approximate surface area is 376 Å². The number of allylic oxidation sites excluding steroid dienone is 1. The lowest BCUT2D eigenvalue weighted by Crippen LogP contribution is -2.36. The molecule has 16 nitrogen and oxygen atoms in total. The number of hydrogen-bond acceptors (Lipinski definition) is 11. The molecule has 2 unspecified atom stereocenters. The molecule has 2 aromatic carbocycles. The minimum Gasteiger partial charge on any atom is -0.494 e. The van der Waals surface area contributed by atoms with Crippen LogP contribution in [0.1, 0.15) is 94.7 Å². The fourth-order valence-corrected chi connectivity index (χ4v) is 7.24. The van der Waals surface area contributed by atoms with Gasteiger partial charge in [-0.1, -0.05) is 31.2 Å². The lowest BCUT2D eigenvalue weighted by atomic mass is 9.94. The number of rotatable bonds is 31. The van der Waals surface area contributed by atoms with Crippen molar-refractivity contribution in [2.75, 3.05) is 71.2 Å². The number of carbonyl (C=O) groups excluding carboxylic acids is 5. The van der Waals surface area contributed by atoms with E-state index in [1.54, 1.807) is 17.0 Å². The van der Waals surface area contributed by atoms with Gasteiger partial charge in [-0.15, -0.1) is 0 Å². The largest absolute Gasteiger partial charge is 0.494 e. The molecule has 16 heteroatoms. The third-order valence-electron chi connectivity index (χ3n) is 10.6. The molecule has 0 aliphatic carbocycles. The predicted octanol–water partition coefficient (Wildman–Crippen LogP) is 5.21. The molecule has 2 heterocycles. The average molecular weight is 890 g/mol. The summed E-state index contributed by atoms with van der Waals surface area (Å²) >= 11 is 0. The van der Waals surface area contributed by atoms with E-state index in [1.807, 2.05) is 36.5 Å². The molecular formula is C48H67N5O11. The SMILES string of the molecule is CC(=O)CC(=O)CCc1ccc(NC(=O)CCCC(=O)NCCCOCCOCCOCCCN2Cc3cc(OCCCN=C4CC(C)C=CN4)ccc3CC(CC(=O)O)C2=O)cc1. The summed E-state index contributed by atoms with van der Waals surface area (Å²) < 4.78 is 23.0.